The fourth-order valence-corrected chi connectivity index (χ4v) is 3.85. The molecule has 0 saturated heterocycles. The molecule has 0 aliphatic heterocycles. The quantitative estimate of drug-likeness (QED) is 0.835. The maximum absolute atomic E-state index is 12.6. The van der Waals surface area contributed by atoms with E-state index < -0.39 is 0 Å². The molecule has 0 bridgehead atoms. The highest BCUT2D eigenvalue weighted by molar-refractivity contribution is 7.13. The van der Waals surface area contributed by atoms with Crippen LogP contribution in [0.3, 0.4) is 0 Å². The fourth-order valence-electron chi connectivity index (χ4n) is 3.20. The number of oxazole rings is 1. The molecule has 1 aliphatic carbocycles. The molecule has 0 radical (unpaired) electrons. The zero-order valence-electron chi connectivity index (χ0n) is 13.2. The molecular formula is C17H22N2O2S. The Morgan fingerprint density at radius 1 is 1.45 bits per heavy atom. The van der Waals surface area contributed by atoms with E-state index in [-0.39, 0.29) is 5.91 Å². The summed E-state index contributed by atoms with van der Waals surface area (Å²) in [6, 6.07) is 4.38. The average Bonchev–Trinajstić information content (AvgIpc) is 3.22. The van der Waals surface area contributed by atoms with Gasteiger partial charge in [-0.2, -0.15) is 0 Å². The van der Waals surface area contributed by atoms with Gasteiger partial charge in [0, 0.05) is 12.6 Å². The van der Waals surface area contributed by atoms with Crippen LogP contribution >= 0.6 is 11.3 Å². The van der Waals surface area contributed by atoms with Crippen molar-refractivity contribution < 1.29 is 9.21 Å². The van der Waals surface area contributed by atoms with Crippen molar-refractivity contribution in [3.8, 4) is 10.8 Å². The molecule has 118 valence electrons. The largest absolute Gasteiger partial charge is 0.440 e. The van der Waals surface area contributed by atoms with E-state index in [1.165, 1.54) is 12.8 Å². The Kier molecular flexibility index (Phi) is 4.62. The van der Waals surface area contributed by atoms with Gasteiger partial charge in [-0.05, 0) is 38.1 Å². The topological polar surface area (TPSA) is 46.3 Å². The van der Waals surface area contributed by atoms with E-state index >= 15 is 0 Å². The van der Waals surface area contributed by atoms with Crippen LogP contribution in [-0.4, -0.2) is 28.4 Å². The highest BCUT2D eigenvalue weighted by atomic mass is 32.1. The first kappa shape index (κ1) is 15.3. The average molecular weight is 318 g/mol. The van der Waals surface area contributed by atoms with E-state index in [0.717, 1.165) is 35.7 Å². The summed E-state index contributed by atoms with van der Waals surface area (Å²) in [5, 5.41) is 2.00. The van der Waals surface area contributed by atoms with E-state index in [4.69, 9.17) is 4.42 Å². The number of aromatic nitrogens is 1. The van der Waals surface area contributed by atoms with Gasteiger partial charge in [-0.25, -0.2) is 4.98 Å². The van der Waals surface area contributed by atoms with Crippen molar-refractivity contribution in [1.29, 1.82) is 0 Å². The molecule has 0 N–H and O–H groups in total. The molecule has 1 amide bonds. The monoisotopic (exact) mass is 318 g/mol. The first-order chi connectivity index (χ1) is 10.7. The molecule has 3 rings (SSSR count). The van der Waals surface area contributed by atoms with Crippen LogP contribution in [0, 0.1) is 6.92 Å². The second-order valence-corrected chi connectivity index (χ2v) is 6.74. The second kappa shape index (κ2) is 6.65. The molecule has 0 aromatic carbocycles. The number of amides is 1. The van der Waals surface area contributed by atoms with Crippen LogP contribution in [0.2, 0.25) is 0 Å². The predicted molar refractivity (Wildman–Crippen MR) is 87.9 cm³/mol. The lowest BCUT2D eigenvalue weighted by molar-refractivity contribution is -0.132. The Hall–Kier alpha value is -1.62. The summed E-state index contributed by atoms with van der Waals surface area (Å²) < 4.78 is 5.73. The number of aryl methyl sites for hydroxylation is 1. The second-order valence-electron chi connectivity index (χ2n) is 5.79. The van der Waals surface area contributed by atoms with E-state index in [1.807, 2.05) is 29.3 Å². The highest BCUT2D eigenvalue weighted by Crippen LogP contribution is 2.27. The molecule has 5 heteroatoms. The summed E-state index contributed by atoms with van der Waals surface area (Å²) in [5.41, 5.74) is 0.768. The van der Waals surface area contributed by atoms with Gasteiger partial charge in [-0.3, -0.25) is 4.79 Å². The number of hydrogen-bond donors (Lipinski definition) is 0. The van der Waals surface area contributed by atoms with Crippen LogP contribution in [0.25, 0.3) is 10.8 Å². The molecule has 2 aromatic heterocycles. The first-order valence-corrected chi connectivity index (χ1v) is 8.86. The molecule has 1 saturated carbocycles. The maximum atomic E-state index is 12.6. The number of likely N-dealkylation sites (N-methyl/N-ethyl adjacent to an activating group) is 1. The van der Waals surface area contributed by atoms with Crippen LogP contribution in [0.1, 0.15) is 44.1 Å². The first-order valence-electron chi connectivity index (χ1n) is 7.98. The number of carbonyl (C=O) groups excluding carboxylic acids is 1. The summed E-state index contributed by atoms with van der Waals surface area (Å²) in [6.45, 7) is 4.72. The third-order valence-electron chi connectivity index (χ3n) is 4.37. The van der Waals surface area contributed by atoms with Crippen molar-refractivity contribution >= 4 is 17.2 Å². The predicted octanol–water partition coefficient (Wildman–Crippen LogP) is 4.05. The number of thiophene rings is 1. The minimum absolute atomic E-state index is 0.170. The Morgan fingerprint density at radius 3 is 2.86 bits per heavy atom. The Bertz CT molecular complexity index is 627. The zero-order chi connectivity index (χ0) is 15.5. The van der Waals surface area contributed by atoms with E-state index in [1.54, 1.807) is 11.3 Å². The third kappa shape index (κ3) is 3.09. The molecule has 0 spiro atoms. The van der Waals surface area contributed by atoms with Crippen molar-refractivity contribution in [1.82, 2.24) is 9.88 Å². The smallest absolute Gasteiger partial charge is 0.236 e. The summed E-state index contributed by atoms with van der Waals surface area (Å²) in [5.74, 6) is 1.54. The summed E-state index contributed by atoms with van der Waals surface area (Å²) in [4.78, 5) is 20.2. The SMILES string of the molecule is CCN(C(=O)Cc1nc(-c2cccs2)oc1C)C1CCCC1. The number of nitrogens with zero attached hydrogens (tertiary/aromatic N) is 2. The van der Waals surface area contributed by atoms with Crippen LogP contribution in [0.5, 0.6) is 0 Å². The van der Waals surface area contributed by atoms with Gasteiger partial charge in [-0.1, -0.05) is 18.9 Å². The summed E-state index contributed by atoms with van der Waals surface area (Å²) >= 11 is 1.60. The van der Waals surface area contributed by atoms with Crippen LogP contribution in [0.15, 0.2) is 21.9 Å². The van der Waals surface area contributed by atoms with Crippen molar-refractivity contribution in [3.05, 3.63) is 29.0 Å². The Labute approximate surface area is 135 Å². The van der Waals surface area contributed by atoms with Gasteiger partial charge >= 0.3 is 0 Å². The van der Waals surface area contributed by atoms with E-state index in [2.05, 4.69) is 11.9 Å². The standard InChI is InChI=1S/C17H22N2O2S/c1-3-19(13-7-4-5-8-13)16(20)11-14-12(2)21-17(18-14)15-9-6-10-22-15/h6,9-10,13H,3-5,7-8,11H2,1-2H3. The molecule has 4 nitrogen and oxygen atoms in total. The van der Waals surface area contributed by atoms with Crippen molar-refractivity contribution in [3.63, 3.8) is 0 Å². The van der Waals surface area contributed by atoms with Gasteiger partial charge < -0.3 is 9.32 Å². The van der Waals surface area contributed by atoms with Gasteiger partial charge in [-0.15, -0.1) is 11.3 Å². The molecule has 2 aromatic rings. The highest BCUT2D eigenvalue weighted by Gasteiger charge is 2.26. The van der Waals surface area contributed by atoms with Crippen molar-refractivity contribution in [2.75, 3.05) is 6.54 Å². The zero-order valence-corrected chi connectivity index (χ0v) is 14.0. The molecule has 1 aliphatic rings. The van der Waals surface area contributed by atoms with Crippen molar-refractivity contribution in [2.45, 2.75) is 52.0 Å². The molecular weight excluding hydrogens is 296 g/mol. The van der Waals surface area contributed by atoms with Crippen LogP contribution in [0.4, 0.5) is 0 Å². The van der Waals surface area contributed by atoms with E-state index in [0.29, 0.717) is 18.4 Å². The lowest BCUT2D eigenvalue weighted by Gasteiger charge is -2.27. The van der Waals surface area contributed by atoms with Gasteiger partial charge in [0.05, 0.1) is 17.0 Å². The van der Waals surface area contributed by atoms with Crippen molar-refractivity contribution in [2.24, 2.45) is 0 Å². The lowest BCUT2D eigenvalue weighted by Crippen LogP contribution is -2.39. The maximum Gasteiger partial charge on any atom is 0.236 e. The minimum atomic E-state index is 0.170. The summed E-state index contributed by atoms with van der Waals surface area (Å²) in [7, 11) is 0. The normalized spacial score (nSPS) is 15.4. The van der Waals surface area contributed by atoms with Gasteiger partial charge in [0.1, 0.15) is 5.76 Å². The molecule has 0 atom stereocenters. The number of rotatable bonds is 5. The van der Waals surface area contributed by atoms with E-state index in [9.17, 15) is 4.79 Å². The molecule has 1 fully saturated rings. The summed E-state index contributed by atoms with van der Waals surface area (Å²) in [6.07, 6.45) is 5.08. The molecule has 0 unspecified atom stereocenters. The van der Waals surface area contributed by atoms with Crippen LogP contribution < -0.4 is 0 Å². The van der Waals surface area contributed by atoms with Gasteiger partial charge in [0.15, 0.2) is 0 Å². The van der Waals surface area contributed by atoms with Crippen LogP contribution in [-0.2, 0) is 11.2 Å². The van der Waals surface area contributed by atoms with Gasteiger partial charge in [0.2, 0.25) is 11.8 Å². The molecule has 22 heavy (non-hydrogen) atoms. The Balaban J connectivity index is 1.73. The number of hydrogen-bond acceptors (Lipinski definition) is 4. The fraction of sp³-hybridized carbons (Fsp3) is 0.529. The van der Waals surface area contributed by atoms with Gasteiger partial charge in [0.25, 0.3) is 0 Å². The molecule has 2 heterocycles. The lowest BCUT2D eigenvalue weighted by atomic mass is 10.1. The Morgan fingerprint density at radius 2 is 2.23 bits per heavy atom. The third-order valence-corrected chi connectivity index (χ3v) is 5.23. The number of carbonyl (C=O) groups is 1. The minimum Gasteiger partial charge on any atom is -0.440 e.